The van der Waals surface area contributed by atoms with Crippen molar-refractivity contribution < 1.29 is 14.6 Å². The van der Waals surface area contributed by atoms with E-state index in [1.807, 2.05) is 24.3 Å². The standard InChI is InChI=1S/C13H19NO3/c1-10(15)8-14-9-12-6-4-3-5-11(12)7-13(16)17-2/h3-6,10,14-15H,7-9H2,1-2H3. The quantitative estimate of drug-likeness (QED) is 0.721. The van der Waals surface area contributed by atoms with Crippen molar-refractivity contribution in [2.75, 3.05) is 13.7 Å². The largest absolute Gasteiger partial charge is 0.469 e. The molecule has 1 aromatic carbocycles. The number of ether oxygens (including phenoxy) is 1. The summed E-state index contributed by atoms with van der Waals surface area (Å²) < 4.78 is 4.65. The van der Waals surface area contributed by atoms with Gasteiger partial charge >= 0.3 is 5.97 Å². The van der Waals surface area contributed by atoms with Crippen molar-refractivity contribution in [3.63, 3.8) is 0 Å². The second kappa shape index (κ2) is 7.04. The lowest BCUT2D eigenvalue weighted by atomic mass is 10.0. The fourth-order valence-corrected chi connectivity index (χ4v) is 1.55. The van der Waals surface area contributed by atoms with Crippen LogP contribution < -0.4 is 5.32 Å². The van der Waals surface area contributed by atoms with E-state index < -0.39 is 0 Å². The molecule has 94 valence electrons. The van der Waals surface area contributed by atoms with Gasteiger partial charge in [-0.15, -0.1) is 0 Å². The summed E-state index contributed by atoms with van der Waals surface area (Å²) in [7, 11) is 1.39. The van der Waals surface area contributed by atoms with E-state index in [4.69, 9.17) is 5.11 Å². The Labute approximate surface area is 102 Å². The van der Waals surface area contributed by atoms with Gasteiger partial charge in [0.05, 0.1) is 19.6 Å². The highest BCUT2D eigenvalue weighted by atomic mass is 16.5. The maximum Gasteiger partial charge on any atom is 0.309 e. The minimum atomic E-state index is -0.372. The van der Waals surface area contributed by atoms with Crippen LogP contribution in [0.1, 0.15) is 18.1 Å². The molecule has 0 saturated carbocycles. The van der Waals surface area contributed by atoms with Crippen molar-refractivity contribution in [1.29, 1.82) is 0 Å². The second-order valence-corrected chi connectivity index (χ2v) is 4.00. The van der Waals surface area contributed by atoms with E-state index in [9.17, 15) is 4.79 Å². The number of aliphatic hydroxyl groups is 1. The highest BCUT2D eigenvalue weighted by Gasteiger charge is 2.07. The molecule has 0 aromatic heterocycles. The third-order valence-electron chi connectivity index (χ3n) is 2.44. The summed E-state index contributed by atoms with van der Waals surface area (Å²) in [6.45, 7) is 2.90. The lowest BCUT2D eigenvalue weighted by molar-refractivity contribution is -0.139. The van der Waals surface area contributed by atoms with Crippen LogP contribution in [0.4, 0.5) is 0 Å². The van der Waals surface area contributed by atoms with E-state index in [-0.39, 0.29) is 18.5 Å². The average Bonchev–Trinajstić information content (AvgIpc) is 2.30. The van der Waals surface area contributed by atoms with Gasteiger partial charge in [-0.2, -0.15) is 0 Å². The summed E-state index contributed by atoms with van der Waals surface area (Å²) in [6, 6.07) is 7.71. The maximum absolute atomic E-state index is 11.2. The molecule has 2 N–H and O–H groups in total. The van der Waals surface area contributed by atoms with Crippen LogP contribution in [-0.2, 0) is 22.5 Å². The number of benzene rings is 1. The minimum absolute atomic E-state index is 0.243. The normalized spacial score (nSPS) is 12.2. The predicted octanol–water partition coefficient (Wildman–Crippen LogP) is 0.872. The summed E-state index contributed by atoms with van der Waals surface area (Å²) in [5, 5.41) is 12.3. The zero-order valence-electron chi connectivity index (χ0n) is 10.3. The van der Waals surface area contributed by atoms with Crippen LogP contribution in [0.2, 0.25) is 0 Å². The number of rotatable bonds is 6. The number of carbonyl (C=O) groups is 1. The maximum atomic E-state index is 11.2. The summed E-state index contributed by atoms with van der Waals surface area (Å²) in [5.74, 6) is -0.243. The molecule has 0 amide bonds. The van der Waals surface area contributed by atoms with Gasteiger partial charge in [0.2, 0.25) is 0 Å². The van der Waals surface area contributed by atoms with Gasteiger partial charge < -0.3 is 15.2 Å². The second-order valence-electron chi connectivity index (χ2n) is 4.00. The Kier molecular flexibility index (Phi) is 5.66. The average molecular weight is 237 g/mol. The number of hydrogen-bond acceptors (Lipinski definition) is 4. The number of aliphatic hydroxyl groups excluding tert-OH is 1. The highest BCUT2D eigenvalue weighted by Crippen LogP contribution is 2.10. The molecule has 0 radical (unpaired) electrons. The van der Waals surface area contributed by atoms with Crippen molar-refractivity contribution in [3.8, 4) is 0 Å². The zero-order valence-corrected chi connectivity index (χ0v) is 10.3. The van der Waals surface area contributed by atoms with Gasteiger partial charge in [0.15, 0.2) is 0 Å². The van der Waals surface area contributed by atoms with Gasteiger partial charge in [0, 0.05) is 13.1 Å². The molecule has 0 aliphatic carbocycles. The Balaban J connectivity index is 2.61. The molecule has 0 saturated heterocycles. The van der Waals surface area contributed by atoms with Crippen LogP contribution in [0.3, 0.4) is 0 Å². The molecule has 1 rings (SSSR count). The molecular formula is C13H19NO3. The van der Waals surface area contributed by atoms with Crippen LogP contribution in [0, 0.1) is 0 Å². The van der Waals surface area contributed by atoms with Crippen molar-refractivity contribution in [2.24, 2.45) is 0 Å². The topological polar surface area (TPSA) is 58.6 Å². The first-order valence-corrected chi connectivity index (χ1v) is 5.66. The Morgan fingerprint density at radius 2 is 2.06 bits per heavy atom. The number of methoxy groups -OCH3 is 1. The summed E-state index contributed by atoms with van der Waals surface area (Å²) >= 11 is 0. The smallest absolute Gasteiger partial charge is 0.309 e. The number of esters is 1. The van der Waals surface area contributed by atoms with Crippen molar-refractivity contribution in [1.82, 2.24) is 5.32 Å². The van der Waals surface area contributed by atoms with Gasteiger partial charge in [-0.3, -0.25) is 4.79 Å². The fraction of sp³-hybridized carbons (Fsp3) is 0.462. The molecule has 4 heteroatoms. The Morgan fingerprint density at radius 1 is 1.41 bits per heavy atom. The molecular weight excluding hydrogens is 218 g/mol. The van der Waals surface area contributed by atoms with Gasteiger partial charge in [0.25, 0.3) is 0 Å². The van der Waals surface area contributed by atoms with Gasteiger partial charge in [-0.1, -0.05) is 24.3 Å². The fourth-order valence-electron chi connectivity index (χ4n) is 1.55. The first-order valence-electron chi connectivity index (χ1n) is 5.66. The molecule has 1 aromatic rings. The first-order chi connectivity index (χ1) is 8.13. The SMILES string of the molecule is COC(=O)Cc1ccccc1CNCC(C)O. The number of carbonyl (C=O) groups excluding carboxylic acids is 1. The summed E-state index contributed by atoms with van der Waals surface area (Å²) in [5.41, 5.74) is 2.01. The third-order valence-corrected chi connectivity index (χ3v) is 2.44. The Morgan fingerprint density at radius 3 is 2.65 bits per heavy atom. The molecule has 4 nitrogen and oxygen atoms in total. The monoisotopic (exact) mass is 237 g/mol. The van der Waals surface area contributed by atoms with Gasteiger partial charge in [-0.25, -0.2) is 0 Å². The lowest BCUT2D eigenvalue weighted by Crippen LogP contribution is -2.24. The van der Waals surface area contributed by atoms with Crippen molar-refractivity contribution >= 4 is 5.97 Å². The zero-order chi connectivity index (χ0) is 12.7. The minimum Gasteiger partial charge on any atom is -0.469 e. The van der Waals surface area contributed by atoms with E-state index in [1.165, 1.54) is 7.11 Å². The van der Waals surface area contributed by atoms with E-state index in [2.05, 4.69) is 10.1 Å². The summed E-state index contributed by atoms with van der Waals surface area (Å²) in [6.07, 6.45) is -0.0917. The van der Waals surface area contributed by atoms with Crippen LogP contribution in [0.25, 0.3) is 0 Å². The van der Waals surface area contributed by atoms with E-state index in [1.54, 1.807) is 6.92 Å². The lowest BCUT2D eigenvalue weighted by Gasteiger charge is -2.10. The Bertz CT molecular complexity index is 363. The molecule has 0 aliphatic rings. The van der Waals surface area contributed by atoms with E-state index in [0.717, 1.165) is 11.1 Å². The molecule has 0 fully saturated rings. The summed E-state index contributed by atoms with van der Waals surface area (Å²) in [4.78, 5) is 11.2. The first kappa shape index (κ1) is 13.7. The van der Waals surface area contributed by atoms with Gasteiger partial charge in [0.1, 0.15) is 0 Å². The predicted molar refractivity (Wildman–Crippen MR) is 65.5 cm³/mol. The van der Waals surface area contributed by atoms with E-state index in [0.29, 0.717) is 13.1 Å². The van der Waals surface area contributed by atoms with Crippen molar-refractivity contribution in [2.45, 2.75) is 26.0 Å². The molecule has 1 atom stereocenters. The number of hydrogen-bond donors (Lipinski definition) is 2. The van der Waals surface area contributed by atoms with Crippen molar-refractivity contribution in [3.05, 3.63) is 35.4 Å². The third kappa shape index (κ3) is 4.97. The van der Waals surface area contributed by atoms with Gasteiger partial charge in [-0.05, 0) is 18.1 Å². The van der Waals surface area contributed by atoms with E-state index >= 15 is 0 Å². The molecule has 17 heavy (non-hydrogen) atoms. The molecule has 0 heterocycles. The molecule has 0 bridgehead atoms. The van der Waals surface area contributed by atoms with Crippen LogP contribution in [0.15, 0.2) is 24.3 Å². The van der Waals surface area contributed by atoms with Crippen LogP contribution in [0.5, 0.6) is 0 Å². The molecule has 0 spiro atoms. The number of nitrogens with one attached hydrogen (secondary N) is 1. The Hall–Kier alpha value is -1.39. The molecule has 1 unspecified atom stereocenters. The van der Waals surface area contributed by atoms with Crippen LogP contribution >= 0.6 is 0 Å². The highest BCUT2D eigenvalue weighted by molar-refractivity contribution is 5.72. The molecule has 0 aliphatic heterocycles. The van der Waals surface area contributed by atoms with Crippen LogP contribution in [-0.4, -0.2) is 30.8 Å².